The van der Waals surface area contributed by atoms with Gasteiger partial charge in [0.25, 0.3) is 0 Å². The summed E-state index contributed by atoms with van der Waals surface area (Å²) in [4.78, 5) is 0.286. The lowest BCUT2D eigenvalue weighted by atomic mass is 10.00. The van der Waals surface area contributed by atoms with E-state index < -0.39 is 21.8 Å². The minimum atomic E-state index is -4.43. The molecule has 0 bridgehead atoms. The van der Waals surface area contributed by atoms with Crippen molar-refractivity contribution in [1.82, 2.24) is 14.5 Å². The predicted molar refractivity (Wildman–Crippen MR) is 111 cm³/mol. The fourth-order valence-electron chi connectivity index (χ4n) is 3.80. The van der Waals surface area contributed by atoms with Crippen LogP contribution in [0.15, 0.2) is 51.8 Å². The zero-order valence-electron chi connectivity index (χ0n) is 17.6. The van der Waals surface area contributed by atoms with Gasteiger partial charge in [0.1, 0.15) is 0 Å². The summed E-state index contributed by atoms with van der Waals surface area (Å²) in [5.74, 6) is 0.0864. The summed E-state index contributed by atoms with van der Waals surface area (Å²) in [6.45, 7) is 4.21. The number of benzene rings is 2. The third-order valence-electron chi connectivity index (χ3n) is 5.59. The summed E-state index contributed by atoms with van der Waals surface area (Å²) < 4.78 is 71.9. The number of sulfonamides is 1. The van der Waals surface area contributed by atoms with Crippen molar-refractivity contribution in [3.8, 4) is 11.5 Å². The number of nitrogens with zero attached hydrogens (tertiary/aromatic N) is 3. The van der Waals surface area contributed by atoms with Gasteiger partial charge in [-0.1, -0.05) is 12.1 Å². The van der Waals surface area contributed by atoms with E-state index >= 15 is 0 Å². The van der Waals surface area contributed by atoms with Crippen LogP contribution in [0, 0.1) is 13.8 Å². The Bertz CT molecular complexity index is 1220. The number of aromatic nitrogens is 2. The Morgan fingerprint density at radius 1 is 1.06 bits per heavy atom. The molecule has 2 heterocycles. The van der Waals surface area contributed by atoms with Crippen molar-refractivity contribution in [3.63, 3.8) is 0 Å². The Balaban J connectivity index is 1.54. The van der Waals surface area contributed by atoms with Crippen LogP contribution >= 0.6 is 0 Å². The van der Waals surface area contributed by atoms with E-state index in [-0.39, 0.29) is 29.1 Å². The van der Waals surface area contributed by atoms with Gasteiger partial charge < -0.3 is 4.42 Å². The molecule has 0 saturated carbocycles. The number of halogens is 3. The number of alkyl halides is 3. The maximum Gasteiger partial charge on any atom is 0.416 e. The molecular weight excluding hydrogens is 443 g/mol. The normalized spacial score (nSPS) is 18.1. The van der Waals surface area contributed by atoms with Crippen LogP contribution < -0.4 is 0 Å². The highest BCUT2D eigenvalue weighted by Crippen LogP contribution is 2.33. The molecule has 1 aliphatic rings. The molecule has 1 atom stereocenters. The molecule has 4 rings (SSSR count). The zero-order valence-corrected chi connectivity index (χ0v) is 18.4. The first-order valence-corrected chi connectivity index (χ1v) is 11.6. The first kappa shape index (κ1) is 22.5. The van der Waals surface area contributed by atoms with Gasteiger partial charge >= 0.3 is 6.18 Å². The predicted octanol–water partition coefficient (Wildman–Crippen LogP) is 4.94. The van der Waals surface area contributed by atoms with E-state index in [1.54, 1.807) is 19.1 Å². The summed E-state index contributed by atoms with van der Waals surface area (Å²) in [5.41, 5.74) is 1.15. The Hall–Kier alpha value is -2.72. The highest BCUT2D eigenvalue weighted by atomic mass is 32.2. The Kier molecular flexibility index (Phi) is 5.85. The van der Waals surface area contributed by atoms with E-state index in [2.05, 4.69) is 10.2 Å². The molecule has 1 aromatic heterocycles. The zero-order chi connectivity index (χ0) is 23.1. The van der Waals surface area contributed by atoms with Gasteiger partial charge in [0.15, 0.2) is 0 Å². The van der Waals surface area contributed by atoms with Crippen molar-refractivity contribution < 1.29 is 26.0 Å². The van der Waals surface area contributed by atoms with E-state index in [1.807, 2.05) is 13.0 Å². The van der Waals surface area contributed by atoms with Crippen molar-refractivity contribution in [2.75, 3.05) is 13.1 Å². The lowest BCUT2D eigenvalue weighted by Gasteiger charge is -2.30. The van der Waals surface area contributed by atoms with Crippen LogP contribution in [0.3, 0.4) is 0 Å². The van der Waals surface area contributed by atoms with Gasteiger partial charge in [-0.3, -0.25) is 0 Å². The van der Waals surface area contributed by atoms with Crippen LogP contribution in [0.2, 0.25) is 0 Å². The summed E-state index contributed by atoms with van der Waals surface area (Å²) in [7, 11) is -3.68. The average Bonchev–Trinajstić information content (AvgIpc) is 3.25. The van der Waals surface area contributed by atoms with Crippen LogP contribution in [0.4, 0.5) is 13.2 Å². The van der Waals surface area contributed by atoms with Crippen molar-refractivity contribution in [1.29, 1.82) is 0 Å². The van der Waals surface area contributed by atoms with Crippen LogP contribution in [0.25, 0.3) is 11.5 Å². The van der Waals surface area contributed by atoms with E-state index in [0.717, 1.165) is 17.7 Å². The molecule has 1 unspecified atom stereocenters. The number of hydrogen-bond donors (Lipinski definition) is 0. The van der Waals surface area contributed by atoms with Crippen LogP contribution in [0.5, 0.6) is 0 Å². The van der Waals surface area contributed by atoms with Crippen LogP contribution in [-0.2, 0) is 16.2 Å². The second-order valence-electron chi connectivity index (χ2n) is 7.99. The highest BCUT2D eigenvalue weighted by molar-refractivity contribution is 7.89. The first-order chi connectivity index (χ1) is 15.1. The molecule has 1 saturated heterocycles. The highest BCUT2D eigenvalue weighted by Gasteiger charge is 2.34. The maximum atomic E-state index is 13.2. The van der Waals surface area contributed by atoms with Crippen LogP contribution in [0.1, 0.15) is 41.3 Å². The van der Waals surface area contributed by atoms with Gasteiger partial charge in [0.05, 0.1) is 16.4 Å². The monoisotopic (exact) mass is 465 g/mol. The Morgan fingerprint density at radius 2 is 1.78 bits per heavy atom. The Labute approximate surface area is 184 Å². The lowest BCUT2D eigenvalue weighted by molar-refractivity contribution is -0.137. The molecule has 6 nitrogen and oxygen atoms in total. The molecule has 170 valence electrons. The van der Waals surface area contributed by atoms with E-state index in [1.165, 1.54) is 16.4 Å². The largest absolute Gasteiger partial charge is 0.420 e. The van der Waals surface area contributed by atoms with Gasteiger partial charge in [0.2, 0.25) is 21.8 Å². The van der Waals surface area contributed by atoms with Crippen LogP contribution in [-0.4, -0.2) is 36.0 Å². The molecule has 2 aromatic carbocycles. The molecule has 1 aliphatic heterocycles. The minimum absolute atomic E-state index is 0.100. The standard InChI is InChI=1S/C22H22F3N3O3S/c1-14-5-6-15(2)19(12-14)32(29,30)28-11-3-4-17(13-28)21-27-26-20(31-21)16-7-9-18(10-8-16)22(23,24)25/h5-10,12,17H,3-4,11,13H2,1-2H3. The second kappa shape index (κ2) is 8.32. The smallest absolute Gasteiger partial charge is 0.416 e. The van der Waals surface area contributed by atoms with E-state index in [9.17, 15) is 21.6 Å². The number of rotatable bonds is 4. The number of hydrogen-bond acceptors (Lipinski definition) is 5. The molecule has 0 radical (unpaired) electrons. The molecule has 0 N–H and O–H groups in total. The van der Waals surface area contributed by atoms with Gasteiger partial charge in [-0.15, -0.1) is 10.2 Å². The summed E-state index contributed by atoms with van der Waals surface area (Å²) >= 11 is 0. The second-order valence-corrected chi connectivity index (χ2v) is 9.90. The first-order valence-electron chi connectivity index (χ1n) is 10.1. The summed E-state index contributed by atoms with van der Waals surface area (Å²) in [5, 5.41) is 8.01. The van der Waals surface area contributed by atoms with Crippen molar-refractivity contribution in [2.45, 2.75) is 43.7 Å². The molecule has 0 aliphatic carbocycles. The topological polar surface area (TPSA) is 76.3 Å². The molecule has 1 fully saturated rings. The van der Waals surface area contributed by atoms with E-state index in [4.69, 9.17) is 4.42 Å². The van der Waals surface area contributed by atoms with Gasteiger partial charge in [-0.25, -0.2) is 8.42 Å². The van der Waals surface area contributed by atoms with Crippen molar-refractivity contribution in [3.05, 3.63) is 65.0 Å². The molecular formula is C22H22F3N3O3S. The fourth-order valence-corrected chi connectivity index (χ4v) is 5.64. The van der Waals surface area contributed by atoms with Crippen molar-refractivity contribution >= 4 is 10.0 Å². The summed E-state index contributed by atoms with van der Waals surface area (Å²) in [6, 6.07) is 9.80. The summed E-state index contributed by atoms with van der Waals surface area (Å²) in [6.07, 6.45) is -3.12. The quantitative estimate of drug-likeness (QED) is 0.546. The maximum absolute atomic E-state index is 13.2. The van der Waals surface area contributed by atoms with Gasteiger partial charge in [0, 0.05) is 18.7 Å². The molecule has 3 aromatic rings. The van der Waals surface area contributed by atoms with Gasteiger partial charge in [-0.05, 0) is 68.1 Å². The third-order valence-corrected chi connectivity index (χ3v) is 7.60. The lowest BCUT2D eigenvalue weighted by Crippen LogP contribution is -2.39. The number of piperidine rings is 1. The minimum Gasteiger partial charge on any atom is -0.420 e. The molecule has 32 heavy (non-hydrogen) atoms. The molecule has 10 heteroatoms. The van der Waals surface area contributed by atoms with Crippen molar-refractivity contribution in [2.24, 2.45) is 0 Å². The average molecular weight is 465 g/mol. The number of aryl methyl sites for hydroxylation is 2. The third kappa shape index (κ3) is 4.42. The Morgan fingerprint density at radius 3 is 2.47 bits per heavy atom. The van der Waals surface area contributed by atoms with Gasteiger partial charge in [-0.2, -0.15) is 17.5 Å². The molecule has 0 amide bonds. The molecule has 0 spiro atoms. The fraction of sp³-hybridized carbons (Fsp3) is 0.364. The SMILES string of the molecule is Cc1ccc(C)c(S(=O)(=O)N2CCCC(c3nnc(-c4ccc(C(F)(F)F)cc4)o3)C2)c1. The van der Waals surface area contributed by atoms with E-state index in [0.29, 0.717) is 30.5 Å².